The molecule has 9 heteroatoms. The summed E-state index contributed by atoms with van der Waals surface area (Å²) in [5, 5.41) is 9.92. The Balaban J connectivity index is 1.85. The van der Waals surface area contributed by atoms with Crippen molar-refractivity contribution >= 4 is 46.2 Å². The summed E-state index contributed by atoms with van der Waals surface area (Å²) < 4.78 is 0. The molecule has 2 aliphatic rings. The van der Waals surface area contributed by atoms with Gasteiger partial charge in [-0.25, -0.2) is 9.97 Å². The number of hydrogen-bond acceptors (Lipinski definition) is 7. The number of nitrogens with two attached hydrogens (primary N) is 1. The Bertz CT molecular complexity index is 897. The SMILES string of the molecule is CNc1c(Nc2cc(N)ncn2)cc(Cl)c2c1N(C)C1(CCC1)NC2=O. The quantitative estimate of drug-likeness (QED) is 0.654. The van der Waals surface area contributed by atoms with Crippen molar-refractivity contribution in [2.75, 3.05) is 35.4 Å². The second-order valence-corrected chi connectivity index (χ2v) is 7.01. The summed E-state index contributed by atoms with van der Waals surface area (Å²) in [7, 11) is 3.80. The van der Waals surface area contributed by atoms with E-state index in [1.807, 2.05) is 14.1 Å². The van der Waals surface area contributed by atoms with E-state index in [0.717, 1.165) is 30.6 Å². The van der Waals surface area contributed by atoms with E-state index in [9.17, 15) is 4.79 Å². The Morgan fingerprint density at radius 1 is 1.35 bits per heavy atom. The normalized spacial score (nSPS) is 17.3. The fraction of sp³-hybridized carbons (Fsp3) is 0.353. The van der Waals surface area contributed by atoms with Crippen molar-refractivity contribution in [1.29, 1.82) is 0 Å². The monoisotopic (exact) mass is 373 g/mol. The van der Waals surface area contributed by atoms with Crippen LogP contribution in [0.5, 0.6) is 0 Å². The fourth-order valence-corrected chi connectivity index (χ4v) is 3.95. The Hall–Kier alpha value is -2.74. The molecule has 1 saturated carbocycles. The van der Waals surface area contributed by atoms with Crippen molar-refractivity contribution in [3.05, 3.63) is 29.0 Å². The number of amides is 1. The zero-order valence-electron chi connectivity index (χ0n) is 14.6. The zero-order valence-corrected chi connectivity index (χ0v) is 15.3. The van der Waals surface area contributed by atoms with Crippen LogP contribution in [0.2, 0.25) is 5.02 Å². The molecule has 1 aromatic heterocycles. The van der Waals surface area contributed by atoms with Gasteiger partial charge in [-0.05, 0) is 25.3 Å². The van der Waals surface area contributed by atoms with Gasteiger partial charge in [-0.1, -0.05) is 11.6 Å². The van der Waals surface area contributed by atoms with Crippen LogP contribution in [0.4, 0.5) is 28.7 Å². The smallest absolute Gasteiger partial charge is 0.256 e. The highest BCUT2D eigenvalue weighted by atomic mass is 35.5. The third-order valence-electron chi connectivity index (χ3n) is 5.19. The summed E-state index contributed by atoms with van der Waals surface area (Å²) in [5.41, 5.74) is 8.15. The molecule has 0 saturated heterocycles. The molecule has 2 aromatic rings. The molecule has 1 aromatic carbocycles. The number of carbonyl (C=O) groups is 1. The Labute approximate surface area is 156 Å². The molecule has 4 rings (SSSR count). The largest absolute Gasteiger partial charge is 0.385 e. The first kappa shape index (κ1) is 16.7. The van der Waals surface area contributed by atoms with Crippen molar-refractivity contribution in [1.82, 2.24) is 15.3 Å². The highest BCUT2D eigenvalue weighted by Gasteiger charge is 2.48. The number of nitrogens with one attached hydrogen (secondary N) is 3. The molecule has 0 atom stereocenters. The summed E-state index contributed by atoms with van der Waals surface area (Å²) in [5.74, 6) is 0.769. The van der Waals surface area contributed by atoms with Gasteiger partial charge in [0.2, 0.25) is 0 Å². The van der Waals surface area contributed by atoms with Gasteiger partial charge in [-0.3, -0.25) is 4.79 Å². The minimum Gasteiger partial charge on any atom is -0.385 e. The average Bonchev–Trinajstić information content (AvgIpc) is 2.56. The number of anilines is 5. The molecule has 1 spiro atoms. The van der Waals surface area contributed by atoms with Gasteiger partial charge in [0.15, 0.2) is 0 Å². The molecular weight excluding hydrogens is 354 g/mol. The van der Waals surface area contributed by atoms with E-state index in [1.54, 1.807) is 12.1 Å². The third-order valence-corrected chi connectivity index (χ3v) is 5.48. The highest BCUT2D eigenvalue weighted by molar-refractivity contribution is 6.36. The summed E-state index contributed by atoms with van der Waals surface area (Å²) in [4.78, 5) is 22.9. The third kappa shape index (κ3) is 2.40. The first-order valence-electron chi connectivity index (χ1n) is 8.40. The molecule has 136 valence electrons. The van der Waals surface area contributed by atoms with Crippen molar-refractivity contribution in [2.45, 2.75) is 24.9 Å². The van der Waals surface area contributed by atoms with Gasteiger partial charge < -0.3 is 26.6 Å². The van der Waals surface area contributed by atoms with E-state index in [1.165, 1.54) is 6.33 Å². The molecule has 1 aliphatic heterocycles. The molecule has 26 heavy (non-hydrogen) atoms. The highest BCUT2D eigenvalue weighted by Crippen LogP contribution is 2.49. The fourth-order valence-electron chi connectivity index (χ4n) is 3.66. The Kier molecular flexibility index (Phi) is 3.80. The van der Waals surface area contributed by atoms with Crippen LogP contribution in [0.15, 0.2) is 18.5 Å². The van der Waals surface area contributed by atoms with Crippen molar-refractivity contribution < 1.29 is 4.79 Å². The number of nitrogens with zero attached hydrogens (tertiary/aromatic N) is 3. The Morgan fingerprint density at radius 2 is 2.12 bits per heavy atom. The number of hydrogen-bond donors (Lipinski definition) is 4. The molecule has 1 fully saturated rings. The van der Waals surface area contributed by atoms with Crippen LogP contribution in [-0.2, 0) is 0 Å². The lowest BCUT2D eigenvalue weighted by molar-refractivity contribution is 0.0803. The Morgan fingerprint density at radius 3 is 2.73 bits per heavy atom. The minimum atomic E-state index is -0.336. The van der Waals surface area contributed by atoms with E-state index < -0.39 is 0 Å². The van der Waals surface area contributed by atoms with E-state index in [-0.39, 0.29) is 11.6 Å². The zero-order chi connectivity index (χ0) is 18.5. The van der Waals surface area contributed by atoms with Crippen LogP contribution < -0.4 is 26.6 Å². The van der Waals surface area contributed by atoms with Crippen LogP contribution in [0.25, 0.3) is 0 Å². The number of halogens is 1. The van der Waals surface area contributed by atoms with E-state index in [2.05, 4.69) is 30.8 Å². The van der Waals surface area contributed by atoms with Gasteiger partial charge in [0.1, 0.15) is 23.6 Å². The molecular formula is C17H20ClN7O. The molecule has 0 bridgehead atoms. The first-order chi connectivity index (χ1) is 12.4. The molecule has 8 nitrogen and oxygen atoms in total. The second-order valence-electron chi connectivity index (χ2n) is 6.61. The molecule has 0 radical (unpaired) electrons. The predicted octanol–water partition coefficient (Wildman–Crippen LogP) is 2.56. The average molecular weight is 374 g/mol. The van der Waals surface area contributed by atoms with Crippen molar-refractivity contribution in [3.8, 4) is 0 Å². The molecule has 0 unspecified atom stereocenters. The number of rotatable bonds is 3. The summed E-state index contributed by atoms with van der Waals surface area (Å²) in [6.45, 7) is 0. The van der Waals surface area contributed by atoms with Gasteiger partial charge in [-0.2, -0.15) is 0 Å². The number of nitrogen functional groups attached to an aromatic ring is 1. The summed E-state index contributed by atoms with van der Waals surface area (Å²) in [6.07, 6.45) is 4.30. The van der Waals surface area contributed by atoms with Gasteiger partial charge in [0.25, 0.3) is 5.91 Å². The maximum atomic E-state index is 12.7. The number of aromatic nitrogens is 2. The predicted molar refractivity (Wildman–Crippen MR) is 103 cm³/mol. The van der Waals surface area contributed by atoms with E-state index in [0.29, 0.717) is 27.9 Å². The van der Waals surface area contributed by atoms with E-state index >= 15 is 0 Å². The topological polar surface area (TPSA) is 108 Å². The van der Waals surface area contributed by atoms with Crippen LogP contribution in [0.1, 0.15) is 29.6 Å². The minimum absolute atomic E-state index is 0.142. The van der Waals surface area contributed by atoms with Crippen LogP contribution in [-0.4, -0.2) is 35.6 Å². The van der Waals surface area contributed by atoms with Crippen LogP contribution >= 0.6 is 11.6 Å². The van der Waals surface area contributed by atoms with Gasteiger partial charge in [-0.15, -0.1) is 0 Å². The van der Waals surface area contributed by atoms with Gasteiger partial charge in [0, 0.05) is 20.2 Å². The number of benzene rings is 1. The van der Waals surface area contributed by atoms with Crippen LogP contribution in [0, 0.1) is 0 Å². The number of fused-ring (bicyclic) bond motifs is 1. The van der Waals surface area contributed by atoms with Crippen LogP contribution in [0.3, 0.4) is 0 Å². The maximum absolute atomic E-state index is 12.7. The van der Waals surface area contributed by atoms with Crippen molar-refractivity contribution in [2.24, 2.45) is 0 Å². The lowest BCUT2D eigenvalue weighted by Gasteiger charge is -2.53. The number of carbonyl (C=O) groups excluding carboxylic acids is 1. The summed E-state index contributed by atoms with van der Waals surface area (Å²) in [6, 6.07) is 3.35. The molecule has 1 aliphatic carbocycles. The van der Waals surface area contributed by atoms with Crippen molar-refractivity contribution in [3.63, 3.8) is 0 Å². The molecule has 1 amide bonds. The molecule has 2 heterocycles. The first-order valence-corrected chi connectivity index (χ1v) is 8.78. The molecule has 5 N–H and O–H groups in total. The second kappa shape index (κ2) is 5.91. The lowest BCUT2D eigenvalue weighted by Crippen LogP contribution is -2.66. The standard InChI is InChI=1S/C17H20ClN7O/c1-20-14-10(23-12-7-11(19)21-8-22-12)6-9(18)13-15(14)25(2)17(4-3-5-17)24-16(13)26/h6-8,20H,3-5H2,1-2H3,(H,24,26)(H3,19,21,22,23). The van der Waals surface area contributed by atoms with E-state index in [4.69, 9.17) is 17.3 Å². The maximum Gasteiger partial charge on any atom is 0.256 e. The van der Waals surface area contributed by atoms with Gasteiger partial charge >= 0.3 is 0 Å². The lowest BCUT2D eigenvalue weighted by atomic mass is 9.80. The van der Waals surface area contributed by atoms with Gasteiger partial charge in [0.05, 0.1) is 27.6 Å². The summed E-state index contributed by atoms with van der Waals surface area (Å²) >= 11 is 6.48.